The number of ether oxygens (including phenoxy) is 1. The maximum atomic E-state index is 12.4. The zero-order chi connectivity index (χ0) is 22.4. The van der Waals surface area contributed by atoms with E-state index in [1.165, 1.54) is 0 Å². The first-order valence-corrected chi connectivity index (χ1v) is 10.8. The van der Waals surface area contributed by atoms with Gasteiger partial charge in [-0.15, -0.1) is 0 Å². The molecule has 1 fully saturated rings. The molecule has 0 aliphatic heterocycles. The fourth-order valence-corrected chi connectivity index (χ4v) is 3.73. The molecular formula is C24H28N2O5. The van der Waals surface area contributed by atoms with E-state index in [1.54, 1.807) is 30.3 Å². The molecule has 2 amide bonds. The topological polar surface area (TPSA) is 102 Å². The van der Waals surface area contributed by atoms with Crippen LogP contribution in [0.25, 0.3) is 10.8 Å². The first kappa shape index (κ1) is 22.5. The smallest absolute Gasteiger partial charge is 0.412 e. The second-order valence-electron chi connectivity index (χ2n) is 7.85. The predicted octanol–water partition coefficient (Wildman–Crippen LogP) is 4.25. The largest absolute Gasteiger partial charge is 0.430 e. The number of ketones is 2. The molecule has 3 rings (SSSR count). The number of hydrogen-bond acceptors (Lipinski definition) is 5. The molecule has 0 bridgehead atoms. The number of rotatable bonds is 8. The first-order valence-electron chi connectivity index (χ1n) is 10.8. The third-order valence-corrected chi connectivity index (χ3v) is 5.77. The molecule has 2 aromatic carbocycles. The lowest BCUT2D eigenvalue weighted by Crippen LogP contribution is -2.30. The number of anilines is 1. The monoisotopic (exact) mass is 424 g/mol. The fourth-order valence-electron chi connectivity index (χ4n) is 3.73. The van der Waals surface area contributed by atoms with E-state index in [0.717, 1.165) is 30.0 Å². The van der Waals surface area contributed by atoms with Crippen LogP contribution < -0.4 is 10.6 Å². The summed E-state index contributed by atoms with van der Waals surface area (Å²) >= 11 is 0. The van der Waals surface area contributed by atoms with E-state index in [1.807, 2.05) is 6.07 Å². The molecule has 31 heavy (non-hydrogen) atoms. The highest BCUT2D eigenvalue weighted by Crippen LogP contribution is 2.22. The highest BCUT2D eigenvalue weighted by molar-refractivity contribution is 6.12. The van der Waals surface area contributed by atoms with Gasteiger partial charge in [0.2, 0.25) is 6.10 Å². The minimum Gasteiger partial charge on any atom is -0.430 e. The molecule has 7 heteroatoms. The standard InChI is InChI=1S/C24H28N2O5/c1-3-15(4-2)11-12-25-23(29)18-6-5-17-14-19(8-7-16(17)13-18)26-24(30)31-22-20(27)9-10-21(22)28/h5-8,13-15,22H,3-4,9-12H2,1-2H3,(H,25,29)(H,26,30). The van der Waals surface area contributed by atoms with Gasteiger partial charge in [0.15, 0.2) is 11.6 Å². The Kier molecular flexibility index (Phi) is 7.39. The second-order valence-corrected chi connectivity index (χ2v) is 7.85. The van der Waals surface area contributed by atoms with Crippen LogP contribution in [0.3, 0.4) is 0 Å². The van der Waals surface area contributed by atoms with Gasteiger partial charge in [-0.05, 0) is 47.4 Å². The molecule has 0 heterocycles. The van der Waals surface area contributed by atoms with Gasteiger partial charge in [0.1, 0.15) is 0 Å². The Bertz CT molecular complexity index is 981. The number of benzene rings is 2. The maximum Gasteiger partial charge on any atom is 0.412 e. The van der Waals surface area contributed by atoms with Crippen LogP contribution in [0.5, 0.6) is 0 Å². The van der Waals surface area contributed by atoms with Crippen LogP contribution in [0.1, 0.15) is 56.3 Å². The summed E-state index contributed by atoms with van der Waals surface area (Å²) in [7, 11) is 0. The van der Waals surface area contributed by atoms with E-state index < -0.39 is 12.2 Å². The molecule has 2 N–H and O–H groups in total. The molecule has 1 saturated carbocycles. The summed E-state index contributed by atoms with van der Waals surface area (Å²) < 4.78 is 4.97. The fraction of sp³-hybridized carbons (Fsp3) is 0.417. The van der Waals surface area contributed by atoms with E-state index in [0.29, 0.717) is 23.7 Å². The van der Waals surface area contributed by atoms with Crippen molar-refractivity contribution < 1.29 is 23.9 Å². The lowest BCUT2D eigenvalue weighted by atomic mass is 9.99. The van der Waals surface area contributed by atoms with E-state index >= 15 is 0 Å². The Morgan fingerprint density at radius 2 is 1.65 bits per heavy atom. The Labute approximate surface area is 181 Å². The van der Waals surface area contributed by atoms with E-state index in [4.69, 9.17) is 4.74 Å². The van der Waals surface area contributed by atoms with Gasteiger partial charge in [0.05, 0.1) is 0 Å². The summed E-state index contributed by atoms with van der Waals surface area (Å²) in [5, 5.41) is 7.21. The Morgan fingerprint density at radius 1 is 1.00 bits per heavy atom. The molecule has 1 aliphatic rings. The zero-order valence-corrected chi connectivity index (χ0v) is 17.9. The lowest BCUT2D eigenvalue weighted by Gasteiger charge is -2.13. The normalized spacial score (nSPS) is 14.3. The van der Waals surface area contributed by atoms with Crippen molar-refractivity contribution in [1.29, 1.82) is 0 Å². The van der Waals surface area contributed by atoms with Crippen LogP contribution in [-0.2, 0) is 14.3 Å². The molecule has 0 saturated heterocycles. The summed E-state index contributed by atoms with van der Waals surface area (Å²) in [5.41, 5.74) is 1.05. The highest BCUT2D eigenvalue weighted by atomic mass is 16.6. The van der Waals surface area contributed by atoms with Gasteiger partial charge in [0, 0.05) is 30.6 Å². The van der Waals surface area contributed by atoms with Gasteiger partial charge in [-0.1, -0.05) is 38.8 Å². The Hall–Kier alpha value is -3.22. The minimum absolute atomic E-state index is 0.107. The van der Waals surface area contributed by atoms with Crippen molar-refractivity contribution in [3.8, 4) is 0 Å². The number of Topliss-reactive ketones (excluding diaryl/α,β-unsaturated/α-hetero) is 2. The summed E-state index contributed by atoms with van der Waals surface area (Å²) in [5.74, 6) is -0.224. The number of hydrogen-bond donors (Lipinski definition) is 2. The number of carbonyl (C=O) groups excluding carboxylic acids is 4. The predicted molar refractivity (Wildman–Crippen MR) is 118 cm³/mol. The lowest BCUT2D eigenvalue weighted by molar-refractivity contribution is -0.132. The molecule has 164 valence electrons. The van der Waals surface area contributed by atoms with Gasteiger partial charge < -0.3 is 10.1 Å². The number of fused-ring (bicyclic) bond motifs is 1. The van der Waals surface area contributed by atoms with Crippen LogP contribution in [0.15, 0.2) is 36.4 Å². The molecule has 1 aliphatic carbocycles. The van der Waals surface area contributed by atoms with Crippen LogP contribution in [0.4, 0.5) is 10.5 Å². The minimum atomic E-state index is -1.30. The number of amides is 2. The highest BCUT2D eigenvalue weighted by Gasteiger charge is 2.36. The Morgan fingerprint density at radius 3 is 2.32 bits per heavy atom. The molecular weight excluding hydrogens is 396 g/mol. The van der Waals surface area contributed by atoms with Gasteiger partial charge in [-0.3, -0.25) is 19.7 Å². The molecule has 0 aromatic heterocycles. The van der Waals surface area contributed by atoms with Crippen molar-refractivity contribution in [2.24, 2.45) is 5.92 Å². The molecule has 0 unspecified atom stereocenters. The summed E-state index contributed by atoms with van der Waals surface area (Å²) in [6.07, 6.45) is 1.27. The maximum absolute atomic E-state index is 12.4. The van der Waals surface area contributed by atoms with Crippen LogP contribution in [0, 0.1) is 5.92 Å². The van der Waals surface area contributed by atoms with Crippen LogP contribution >= 0.6 is 0 Å². The molecule has 0 radical (unpaired) electrons. The van der Waals surface area contributed by atoms with Crippen molar-refractivity contribution in [3.63, 3.8) is 0 Å². The quantitative estimate of drug-likeness (QED) is 0.617. The summed E-state index contributed by atoms with van der Waals surface area (Å²) in [6, 6.07) is 10.6. The van der Waals surface area contributed by atoms with Crippen molar-refractivity contribution >= 4 is 40.0 Å². The van der Waals surface area contributed by atoms with Crippen molar-refractivity contribution in [2.45, 2.75) is 52.1 Å². The van der Waals surface area contributed by atoms with Crippen molar-refractivity contribution in [1.82, 2.24) is 5.32 Å². The van der Waals surface area contributed by atoms with Crippen LogP contribution in [-0.4, -0.2) is 36.2 Å². The molecule has 0 spiro atoms. The van der Waals surface area contributed by atoms with Gasteiger partial charge in [-0.2, -0.15) is 0 Å². The third kappa shape index (κ3) is 5.69. The summed E-state index contributed by atoms with van der Waals surface area (Å²) in [4.78, 5) is 47.7. The van der Waals surface area contributed by atoms with Gasteiger partial charge >= 0.3 is 6.09 Å². The van der Waals surface area contributed by atoms with Crippen molar-refractivity contribution in [3.05, 3.63) is 42.0 Å². The Balaban J connectivity index is 1.60. The van der Waals surface area contributed by atoms with E-state index in [-0.39, 0.29) is 30.3 Å². The van der Waals surface area contributed by atoms with Crippen molar-refractivity contribution in [2.75, 3.05) is 11.9 Å². The number of carbonyl (C=O) groups is 4. The van der Waals surface area contributed by atoms with E-state index in [9.17, 15) is 19.2 Å². The average Bonchev–Trinajstić information content (AvgIpc) is 3.08. The first-order chi connectivity index (χ1) is 14.9. The molecule has 7 nitrogen and oxygen atoms in total. The number of nitrogens with one attached hydrogen (secondary N) is 2. The summed E-state index contributed by atoms with van der Waals surface area (Å²) in [6.45, 7) is 4.98. The van der Waals surface area contributed by atoms with Gasteiger partial charge in [0.25, 0.3) is 5.91 Å². The zero-order valence-electron chi connectivity index (χ0n) is 17.9. The van der Waals surface area contributed by atoms with E-state index in [2.05, 4.69) is 24.5 Å². The SMILES string of the molecule is CCC(CC)CCNC(=O)c1ccc2cc(NC(=O)OC3C(=O)CCC3=O)ccc2c1. The molecule has 2 aromatic rings. The van der Waals surface area contributed by atoms with Gasteiger partial charge in [-0.25, -0.2) is 4.79 Å². The average molecular weight is 424 g/mol. The second kappa shape index (κ2) is 10.2. The van der Waals surface area contributed by atoms with Crippen LogP contribution in [0.2, 0.25) is 0 Å². The molecule has 0 atom stereocenters. The third-order valence-electron chi connectivity index (χ3n) is 5.77.